The number of terminal acetylenes is 1. The number of benzene rings is 1. The number of hydrogen-bond acceptors (Lipinski definition) is 3. The standard InChI is InChI=1S/C15H21FN4O2S.HI/c1-4-8-18-15(17-5-2)19-9-10-23(21,22)20-13-7-6-12(3)14(16)11-13;/h1,6-7,11,20H,5,8-10H2,2-3H3,(H2,17,18,19);1H. The van der Waals surface area contributed by atoms with E-state index in [-0.39, 0.29) is 42.0 Å². The van der Waals surface area contributed by atoms with Gasteiger partial charge in [-0.25, -0.2) is 12.8 Å². The number of nitrogens with zero attached hydrogens (tertiary/aromatic N) is 1. The predicted octanol–water partition coefficient (Wildman–Crippen LogP) is 1.68. The summed E-state index contributed by atoms with van der Waals surface area (Å²) in [5.74, 6) is 2.17. The lowest BCUT2D eigenvalue weighted by Gasteiger charge is -2.10. The van der Waals surface area contributed by atoms with Crippen LogP contribution in [0.5, 0.6) is 0 Å². The van der Waals surface area contributed by atoms with Gasteiger partial charge in [-0.1, -0.05) is 12.0 Å². The molecule has 0 aromatic heterocycles. The Labute approximate surface area is 159 Å². The number of aryl methyl sites for hydroxylation is 1. The predicted molar refractivity (Wildman–Crippen MR) is 107 cm³/mol. The highest BCUT2D eigenvalue weighted by Gasteiger charge is 2.11. The van der Waals surface area contributed by atoms with E-state index in [9.17, 15) is 12.8 Å². The van der Waals surface area contributed by atoms with Gasteiger partial charge < -0.3 is 10.6 Å². The molecular weight excluding hydrogens is 446 g/mol. The van der Waals surface area contributed by atoms with Gasteiger partial charge >= 0.3 is 0 Å². The van der Waals surface area contributed by atoms with E-state index in [1.165, 1.54) is 12.1 Å². The molecule has 0 bridgehead atoms. The van der Waals surface area contributed by atoms with E-state index >= 15 is 0 Å². The van der Waals surface area contributed by atoms with Crippen LogP contribution < -0.4 is 15.4 Å². The van der Waals surface area contributed by atoms with Crippen LogP contribution in [0.25, 0.3) is 0 Å². The second-order valence-corrected chi connectivity index (χ2v) is 6.55. The van der Waals surface area contributed by atoms with Crippen LogP contribution >= 0.6 is 24.0 Å². The zero-order valence-electron chi connectivity index (χ0n) is 13.6. The minimum Gasteiger partial charge on any atom is -0.357 e. The van der Waals surface area contributed by atoms with E-state index in [1.54, 1.807) is 6.92 Å². The molecule has 0 unspecified atom stereocenters. The summed E-state index contributed by atoms with van der Waals surface area (Å²) in [6.07, 6.45) is 5.15. The molecule has 24 heavy (non-hydrogen) atoms. The summed E-state index contributed by atoms with van der Waals surface area (Å²) in [7, 11) is -3.61. The van der Waals surface area contributed by atoms with Gasteiger partial charge in [0, 0.05) is 6.54 Å². The third-order valence-electron chi connectivity index (χ3n) is 2.78. The van der Waals surface area contributed by atoms with E-state index < -0.39 is 15.8 Å². The minimum absolute atomic E-state index is 0. The van der Waals surface area contributed by atoms with E-state index in [1.807, 2.05) is 6.92 Å². The first-order valence-corrected chi connectivity index (χ1v) is 8.75. The van der Waals surface area contributed by atoms with Gasteiger partial charge in [-0.05, 0) is 31.5 Å². The molecule has 0 saturated carbocycles. The van der Waals surface area contributed by atoms with E-state index in [0.717, 1.165) is 6.07 Å². The molecule has 0 fully saturated rings. The summed E-state index contributed by atoms with van der Waals surface area (Å²) >= 11 is 0. The Balaban J connectivity index is 0.00000529. The monoisotopic (exact) mass is 468 g/mol. The van der Waals surface area contributed by atoms with Gasteiger partial charge in [-0.3, -0.25) is 9.71 Å². The van der Waals surface area contributed by atoms with Crippen molar-refractivity contribution in [2.45, 2.75) is 13.8 Å². The molecule has 0 aliphatic carbocycles. The van der Waals surface area contributed by atoms with Crippen molar-refractivity contribution in [3.8, 4) is 12.3 Å². The van der Waals surface area contributed by atoms with E-state index in [2.05, 4.69) is 26.3 Å². The number of hydrogen-bond donors (Lipinski definition) is 3. The molecule has 0 saturated heterocycles. The van der Waals surface area contributed by atoms with Crippen molar-refractivity contribution in [2.75, 3.05) is 30.1 Å². The number of aliphatic imine (C=N–C) groups is 1. The van der Waals surface area contributed by atoms with Crippen LogP contribution in [0.4, 0.5) is 10.1 Å². The number of sulfonamides is 1. The van der Waals surface area contributed by atoms with E-state index in [0.29, 0.717) is 24.6 Å². The molecule has 0 aliphatic rings. The summed E-state index contributed by atoms with van der Waals surface area (Å²) in [5, 5.41) is 5.80. The molecule has 0 atom stereocenters. The van der Waals surface area contributed by atoms with Gasteiger partial charge in [0.2, 0.25) is 10.0 Å². The van der Waals surface area contributed by atoms with Gasteiger partial charge in [0.05, 0.1) is 24.5 Å². The quantitative estimate of drug-likeness (QED) is 0.246. The van der Waals surface area contributed by atoms with Crippen molar-refractivity contribution >= 4 is 45.6 Å². The van der Waals surface area contributed by atoms with Crippen LogP contribution in [0.15, 0.2) is 23.2 Å². The molecule has 1 aromatic carbocycles. The molecule has 0 radical (unpaired) electrons. The van der Waals surface area contributed by atoms with Crippen LogP contribution in [0, 0.1) is 25.1 Å². The van der Waals surface area contributed by atoms with Crippen molar-refractivity contribution < 1.29 is 12.8 Å². The average molecular weight is 468 g/mol. The van der Waals surface area contributed by atoms with Crippen LogP contribution in [-0.4, -0.2) is 39.8 Å². The maximum Gasteiger partial charge on any atom is 0.234 e. The zero-order chi connectivity index (χ0) is 17.3. The van der Waals surface area contributed by atoms with Gasteiger partial charge in [0.15, 0.2) is 5.96 Å². The molecule has 134 valence electrons. The molecule has 0 spiro atoms. The number of rotatable bonds is 7. The zero-order valence-corrected chi connectivity index (χ0v) is 16.7. The van der Waals surface area contributed by atoms with Crippen LogP contribution in [0.3, 0.4) is 0 Å². The molecule has 0 heterocycles. The van der Waals surface area contributed by atoms with Crippen LogP contribution in [0.2, 0.25) is 0 Å². The lowest BCUT2D eigenvalue weighted by molar-refractivity contribution is 0.600. The summed E-state index contributed by atoms with van der Waals surface area (Å²) in [5.41, 5.74) is 0.641. The average Bonchev–Trinajstić information content (AvgIpc) is 2.48. The maximum atomic E-state index is 13.4. The second-order valence-electron chi connectivity index (χ2n) is 4.70. The van der Waals surface area contributed by atoms with Gasteiger partial charge in [0.1, 0.15) is 5.82 Å². The highest BCUT2D eigenvalue weighted by atomic mass is 127. The fourth-order valence-corrected chi connectivity index (χ4v) is 2.56. The summed E-state index contributed by atoms with van der Waals surface area (Å²) in [6.45, 7) is 4.46. The molecule has 6 nitrogen and oxygen atoms in total. The Morgan fingerprint density at radius 1 is 1.38 bits per heavy atom. The number of halogens is 2. The lowest BCUT2D eigenvalue weighted by Crippen LogP contribution is -2.37. The largest absolute Gasteiger partial charge is 0.357 e. The molecule has 0 amide bonds. The first-order valence-electron chi connectivity index (χ1n) is 7.10. The van der Waals surface area contributed by atoms with Crippen LogP contribution in [0.1, 0.15) is 12.5 Å². The van der Waals surface area contributed by atoms with Crippen molar-refractivity contribution in [2.24, 2.45) is 4.99 Å². The summed E-state index contributed by atoms with van der Waals surface area (Å²) in [4.78, 5) is 4.12. The van der Waals surface area contributed by atoms with Crippen molar-refractivity contribution in [3.63, 3.8) is 0 Å². The highest BCUT2D eigenvalue weighted by Crippen LogP contribution is 2.14. The SMILES string of the molecule is C#CCNC(=NCCS(=O)(=O)Nc1ccc(C)c(F)c1)NCC.I. The molecule has 3 N–H and O–H groups in total. The van der Waals surface area contributed by atoms with Gasteiger partial charge in [-0.15, -0.1) is 30.4 Å². The van der Waals surface area contributed by atoms with Crippen molar-refractivity contribution in [1.82, 2.24) is 10.6 Å². The normalized spacial score (nSPS) is 11.2. The Morgan fingerprint density at radius 3 is 2.67 bits per heavy atom. The van der Waals surface area contributed by atoms with Crippen molar-refractivity contribution in [3.05, 3.63) is 29.6 Å². The number of guanidine groups is 1. The molecule has 1 aromatic rings. The number of nitrogens with one attached hydrogen (secondary N) is 3. The third-order valence-corrected chi connectivity index (χ3v) is 4.04. The Hall–Kier alpha value is -1.54. The smallest absolute Gasteiger partial charge is 0.234 e. The Morgan fingerprint density at radius 2 is 2.08 bits per heavy atom. The van der Waals surface area contributed by atoms with Crippen molar-refractivity contribution in [1.29, 1.82) is 0 Å². The second kappa shape index (κ2) is 11.1. The first kappa shape index (κ1) is 22.5. The lowest BCUT2D eigenvalue weighted by atomic mass is 10.2. The fourth-order valence-electron chi connectivity index (χ4n) is 1.64. The van der Waals surface area contributed by atoms with Crippen LogP contribution in [-0.2, 0) is 10.0 Å². The fraction of sp³-hybridized carbons (Fsp3) is 0.400. The Bertz CT molecular complexity index is 702. The molecule has 9 heteroatoms. The molecule has 0 aliphatic heterocycles. The van der Waals surface area contributed by atoms with Gasteiger partial charge in [-0.2, -0.15) is 0 Å². The highest BCUT2D eigenvalue weighted by molar-refractivity contribution is 14.0. The summed E-state index contributed by atoms with van der Waals surface area (Å²) in [6, 6.07) is 4.17. The molecule has 1 rings (SSSR count). The maximum absolute atomic E-state index is 13.4. The third kappa shape index (κ3) is 8.35. The number of anilines is 1. The summed E-state index contributed by atoms with van der Waals surface area (Å²) < 4.78 is 39.7. The minimum atomic E-state index is -3.61. The molecular formula is C15H22FIN4O2S. The Kier molecular flexibility index (Phi) is 10.4. The first-order chi connectivity index (χ1) is 10.9. The topological polar surface area (TPSA) is 82.6 Å². The van der Waals surface area contributed by atoms with Gasteiger partial charge in [0.25, 0.3) is 0 Å². The van der Waals surface area contributed by atoms with E-state index in [4.69, 9.17) is 6.42 Å².